The maximum Gasteiger partial charge on any atom is 0.130 e. The van der Waals surface area contributed by atoms with Gasteiger partial charge in [0.25, 0.3) is 0 Å². The molecule has 0 amide bonds. The summed E-state index contributed by atoms with van der Waals surface area (Å²) in [5.41, 5.74) is -0.339. The molecule has 0 aromatic rings. The number of fused-ring (bicyclic) bond motifs is 3. The maximum absolute atomic E-state index is 10.9. The minimum atomic E-state index is -0.572. The van der Waals surface area contributed by atoms with Crippen molar-refractivity contribution in [3.63, 3.8) is 0 Å². The standard InChI is InChI=1S/C7H14N2O2/c10-9(11)7-1-4-8(5-2-7)6-3-7/h9-10H,1-6H2. The van der Waals surface area contributed by atoms with Crippen molar-refractivity contribution >= 4 is 0 Å². The second-order valence-corrected chi connectivity index (χ2v) is 3.68. The van der Waals surface area contributed by atoms with E-state index in [1.165, 1.54) is 0 Å². The summed E-state index contributed by atoms with van der Waals surface area (Å²) < 4.78 is 0. The summed E-state index contributed by atoms with van der Waals surface area (Å²) in [6, 6.07) is 0. The maximum atomic E-state index is 10.9. The molecule has 0 saturated carbocycles. The highest BCUT2D eigenvalue weighted by Crippen LogP contribution is 2.28. The van der Waals surface area contributed by atoms with Gasteiger partial charge in [-0.15, -0.1) is 0 Å². The Balaban J connectivity index is 2.12. The number of hydrogen-bond donors (Lipinski definition) is 2. The van der Waals surface area contributed by atoms with Gasteiger partial charge in [0.15, 0.2) is 0 Å². The molecule has 0 spiro atoms. The molecule has 3 heterocycles. The van der Waals surface area contributed by atoms with Crippen LogP contribution in [0, 0.1) is 5.21 Å². The molecule has 2 N–H and O–H groups in total. The molecule has 3 fully saturated rings. The zero-order valence-corrected chi connectivity index (χ0v) is 6.55. The molecule has 3 rings (SSSR count). The van der Waals surface area contributed by atoms with Crippen molar-refractivity contribution in [3.8, 4) is 0 Å². The molecule has 0 aliphatic carbocycles. The van der Waals surface area contributed by atoms with Crippen LogP contribution in [0.1, 0.15) is 19.3 Å². The molecular formula is C7H14N2O2. The fourth-order valence-electron chi connectivity index (χ4n) is 2.15. The van der Waals surface area contributed by atoms with Gasteiger partial charge in [-0.05, 0) is 0 Å². The van der Waals surface area contributed by atoms with E-state index in [2.05, 4.69) is 4.90 Å². The summed E-state index contributed by atoms with van der Waals surface area (Å²) in [6.45, 7) is 2.98. The summed E-state index contributed by atoms with van der Waals surface area (Å²) >= 11 is 0. The van der Waals surface area contributed by atoms with Gasteiger partial charge in [-0.1, -0.05) is 0 Å². The smallest absolute Gasteiger partial charge is 0.130 e. The fraction of sp³-hybridized carbons (Fsp3) is 1.00. The number of nitrogens with one attached hydrogen (secondary N) is 1. The summed E-state index contributed by atoms with van der Waals surface area (Å²) in [4.78, 5) is 2.35. The number of nitrogens with zero attached hydrogens (tertiary/aromatic N) is 1. The Kier molecular flexibility index (Phi) is 1.64. The zero-order valence-electron chi connectivity index (χ0n) is 6.55. The number of rotatable bonds is 1. The first-order valence-corrected chi connectivity index (χ1v) is 4.19. The average Bonchev–Trinajstić information content (AvgIpc) is 2.08. The Morgan fingerprint density at radius 1 is 1.18 bits per heavy atom. The average molecular weight is 158 g/mol. The summed E-state index contributed by atoms with van der Waals surface area (Å²) in [6.07, 6.45) is 2.59. The SMILES string of the molecule is [O-][NH+](O)C12CCN(CC1)CC2. The number of hydrogen-bond acceptors (Lipinski definition) is 3. The lowest BCUT2D eigenvalue weighted by molar-refractivity contribution is -1.09. The van der Waals surface area contributed by atoms with Gasteiger partial charge in [0, 0.05) is 38.9 Å². The molecule has 3 aliphatic rings. The van der Waals surface area contributed by atoms with Crippen molar-refractivity contribution < 1.29 is 10.4 Å². The van der Waals surface area contributed by atoms with E-state index < -0.39 is 5.23 Å². The minimum Gasteiger partial charge on any atom is -0.600 e. The van der Waals surface area contributed by atoms with E-state index in [1.807, 2.05) is 0 Å². The van der Waals surface area contributed by atoms with Gasteiger partial charge in [-0.3, -0.25) is 0 Å². The van der Waals surface area contributed by atoms with Gasteiger partial charge in [0.2, 0.25) is 0 Å². The van der Waals surface area contributed by atoms with Crippen LogP contribution < -0.4 is 5.23 Å². The topological polar surface area (TPSA) is 51.0 Å². The Bertz CT molecular complexity index is 139. The molecule has 1 atom stereocenters. The summed E-state index contributed by atoms with van der Waals surface area (Å²) in [5, 5.41) is 19.3. The zero-order chi connectivity index (χ0) is 7.90. The molecule has 64 valence electrons. The van der Waals surface area contributed by atoms with E-state index in [-0.39, 0.29) is 5.54 Å². The molecule has 4 nitrogen and oxygen atoms in total. The monoisotopic (exact) mass is 158 g/mol. The first-order valence-electron chi connectivity index (χ1n) is 4.19. The second kappa shape index (κ2) is 2.42. The molecule has 2 bridgehead atoms. The Morgan fingerprint density at radius 3 is 1.91 bits per heavy atom. The van der Waals surface area contributed by atoms with Crippen molar-refractivity contribution in [1.29, 1.82) is 0 Å². The van der Waals surface area contributed by atoms with Gasteiger partial charge in [0.1, 0.15) is 5.54 Å². The molecule has 3 saturated heterocycles. The fourth-order valence-corrected chi connectivity index (χ4v) is 2.15. The van der Waals surface area contributed by atoms with E-state index in [9.17, 15) is 5.21 Å². The minimum absolute atomic E-state index is 0.339. The first kappa shape index (κ1) is 7.49. The van der Waals surface area contributed by atoms with E-state index in [0.29, 0.717) is 0 Å². The van der Waals surface area contributed by atoms with Gasteiger partial charge in [0.05, 0.1) is 0 Å². The summed E-state index contributed by atoms with van der Waals surface area (Å²) in [7, 11) is 0. The predicted molar refractivity (Wildman–Crippen MR) is 39.1 cm³/mol. The molecule has 4 heteroatoms. The second-order valence-electron chi connectivity index (χ2n) is 3.68. The molecule has 0 aromatic heterocycles. The van der Waals surface area contributed by atoms with Crippen LogP contribution in [0.5, 0.6) is 0 Å². The van der Waals surface area contributed by atoms with E-state index in [0.717, 1.165) is 38.9 Å². The predicted octanol–water partition coefficient (Wildman–Crippen LogP) is -1.00. The van der Waals surface area contributed by atoms with Crippen molar-refractivity contribution in [2.45, 2.75) is 24.8 Å². The lowest BCUT2D eigenvalue weighted by atomic mass is 9.80. The van der Waals surface area contributed by atoms with Crippen LogP contribution in [0.2, 0.25) is 0 Å². The van der Waals surface area contributed by atoms with Gasteiger partial charge >= 0.3 is 0 Å². The molecule has 11 heavy (non-hydrogen) atoms. The van der Waals surface area contributed by atoms with E-state index >= 15 is 0 Å². The van der Waals surface area contributed by atoms with Crippen molar-refractivity contribution in [1.82, 2.24) is 4.90 Å². The Morgan fingerprint density at radius 2 is 1.64 bits per heavy atom. The van der Waals surface area contributed by atoms with Crippen molar-refractivity contribution in [2.24, 2.45) is 0 Å². The highest BCUT2D eigenvalue weighted by molar-refractivity contribution is 4.91. The van der Waals surface area contributed by atoms with Crippen molar-refractivity contribution in [3.05, 3.63) is 5.21 Å². The Labute approximate surface area is 65.9 Å². The van der Waals surface area contributed by atoms with Crippen LogP contribution in [-0.4, -0.2) is 35.3 Å². The van der Waals surface area contributed by atoms with Gasteiger partial charge in [-0.25, -0.2) is 10.4 Å². The largest absolute Gasteiger partial charge is 0.600 e. The number of hydroxylamine groups is 2. The molecule has 1 unspecified atom stereocenters. The van der Waals surface area contributed by atoms with Crippen LogP contribution in [0.25, 0.3) is 0 Å². The normalized spacial score (nSPS) is 45.8. The quantitative estimate of drug-likeness (QED) is 0.481. The summed E-state index contributed by atoms with van der Waals surface area (Å²) in [5.74, 6) is 0. The van der Waals surface area contributed by atoms with Crippen LogP contribution in [0.3, 0.4) is 0 Å². The third-order valence-electron chi connectivity index (χ3n) is 3.17. The number of piperidine rings is 3. The van der Waals surface area contributed by atoms with Gasteiger partial charge < -0.3 is 10.1 Å². The lowest BCUT2D eigenvalue weighted by Gasteiger charge is -2.49. The molecule has 0 aromatic carbocycles. The molecule has 0 radical (unpaired) electrons. The third kappa shape index (κ3) is 1.06. The van der Waals surface area contributed by atoms with E-state index in [1.54, 1.807) is 0 Å². The van der Waals surface area contributed by atoms with Crippen LogP contribution in [0.4, 0.5) is 0 Å². The lowest BCUT2D eigenvalue weighted by Crippen LogP contribution is -3.15. The number of quaternary nitrogens is 1. The van der Waals surface area contributed by atoms with Crippen LogP contribution in [0.15, 0.2) is 0 Å². The first-order chi connectivity index (χ1) is 5.23. The molecular weight excluding hydrogens is 144 g/mol. The van der Waals surface area contributed by atoms with Crippen LogP contribution in [-0.2, 0) is 0 Å². The Hall–Kier alpha value is -0.160. The van der Waals surface area contributed by atoms with Crippen molar-refractivity contribution in [2.75, 3.05) is 19.6 Å². The van der Waals surface area contributed by atoms with Crippen LogP contribution >= 0.6 is 0 Å². The van der Waals surface area contributed by atoms with Gasteiger partial charge in [-0.2, -0.15) is 0 Å². The highest BCUT2D eigenvalue weighted by Gasteiger charge is 2.44. The molecule has 3 aliphatic heterocycles. The highest BCUT2D eigenvalue weighted by atomic mass is 16.8. The third-order valence-corrected chi connectivity index (χ3v) is 3.17. The van der Waals surface area contributed by atoms with E-state index in [4.69, 9.17) is 5.21 Å².